The Morgan fingerprint density at radius 2 is 2.21 bits per heavy atom. The van der Waals surface area contributed by atoms with Gasteiger partial charge in [-0.15, -0.1) is 0 Å². The first-order chi connectivity index (χ1) is 6.83. The summed E-state index contributed by atoms with van der Waals surface area (Å²) in [6, 6.07) is 7.91. The van der Waals surface area contributed by atoms with Crippen molar-refractivity contribution < 1.29 is 0 Å². The number of aromatic nitrogens is 1. The molecule has 0 fully saturated rings. The van der Waals surface area contributed by atoms with Gasteiger partial charge in [-0.05, 0) is 23.1 Å². The van der Waals surface area contributed by atoms with Gasteiger partial charge in [-0.1, -0.05) is 28.1 Å². The number of hydrogen-bond acceptors (Lipinski definition) is 1. The maximum absolute atomic E-state index is 6.87. The molecule has 3 heteroatoms. The second-order valence-electron chi connectivity index (χ2n) is 2.97. The highest BCUT2D eigenvalue weighted by Crippen LogP contribution is 2.20. The van der Waals surface area contributed by atoms with Crippen LogP contribution in [0, 0.1) is 6.57 Å². The van der Waals surface area contributed by atoms with Gasteiger partial charge in [-0.2, -0.15) is 0 Å². The molecule has 1 heterocycles. The SMILES string of the molecule is [C-]#[N+]c1cnc2cc(CBr)ccc2c1. The van der Waals surface area contributed by atoms with E-state index in [9.17, 15) is 0 Å². The normalized spacial score (nSPS) is 10.0. The summed E-state index contributed by atoms with van der Waals surface area (Å²) < 4.78 is 0. The standard InChI is InChI=1S/C11H7BrN2/c1-13-10-5-9-3-2-8(6-12)4-11(9)14-7-10/h2-5,7H,6H2. The average molecular weight is 247 g/mol. The molecule has 2 rings (SSSR count). The molecule has 0 aliphatic carbocycles. The third kappa shape index (κ3) is 1.61. The summed E-state index contributed by atoms with van der Waals surface area (Å²) in [5.74, 6) is 0. The van der Waals surface area contributed by atoms with Crippen LogP contribution >= 0.6 is 15.9 Å². The highest BCUT2D eigenvalue weighted by molar-refractivity contribution is 9.08. The van der Waals surface area contributed by atoms with Gasteiger partial charge in [0.05, 0.1) is 12.1 Å². The van der Waals surface area contributed by atoms with Crippen molar-refractivity contribution in [1.82, 2.24) is 4.98 Å². The van der Waals surface area contributed by atoms with Crippen LogP contribution in [0.1, 0.15) is 5.56 Å². The number of halogens is 1. The molecule has 0 amide bonds. The maximum atomic E-state index is 6.87. The molecule has 0 saturated carbocycles. The molecule has 14 heavy (non-hydrogen) atoms. The summed E-state index contributed by atoms with van der Waals surface area (Å²) >= 11 is 3.40. The topological polar surface area (TPSA) is 17.2 Å². The van der Waals surface area contributed by atoms with Crippen LogP contribution in [0.2, 0.25) is 0 Å². The molecule has 0 N–H and O–H groups in total. The van der Waals surface area contributed by atoms with Crippen LogP contribution in [0.5, 0.6) is 0 Å². The first kappa shape index (κ1) is 9.17. The molecule has 0 spiro atoms. The van der Waals surface area contributed by atoms with E-state index in [1.165, 1.54) is 5.56 Å². The molecular formula is C11H7BrN2. The number of pyridine rings is 1. The molecule has 0 unspecified atom stereocenters. The molecule has 1 aromatic carbocycles. The summed E-state index contributed by atoms with van der Waals surface area (Å²) in [7, 11) is 0. The van der Waals surface area contributed by atoms with Crippen molar-refractivity contribution in [1.29, 1.82) is 0 Å². The number of alkyl halides is 1. The average Bonchev–Trinajstić information content (AvgIpc) is 2.27. The van der Waals surface area contributed by atoms with Crippen molar-refractivity contribution in [2.24, 2.45) is 0 Å². The van der Waals surface area contributed by atoms with E-state index in [0.717, 1.165) is 16.2 Å². The van der Waals surface area contributed by atoms with Crippen molar-refractivity contribution in [2.75, 3.05) is 0 Å². The van der Waals surface area contributed by atoms with Crippen LogP contribution in [0.4, 0.5) is 5.69 Å². The molecular weight excluding hydrogens is 240 g/mol. The number of nitrogens with zero attached hydrogens (tertiary/aromatic N) is 2. The lowest BCUT2D eigenvalue weighted by Crippen LogP contribution is -1.81. The zero-order chi connectivity index (χ0) is 9.97. The van der Waals surface area contributed by atoms with Gasteiger partial charge in [0.25, 0.3) is 0 Å². The summed E-state index contributed by atoms with van der Waals surface area (Å²) in [5.41, 5.74) is 2.72. The van der Waals surface area contributed by atoms with Crippen molar-refractivity contribution in [3.63, 3.8) is 0 Å². The highest BCUT2D eigenvalue weighted by atomic mass is 79.9. The Kier molecular flexibility index (Phi) is 2.47. The van der Waals surface area contributed by atoms with E-state index in [2.05, 4.69) is 25.8 Å². The number of rotatable bonds is 1. The lowest BCUT2D eigenvalue weighted by molar-refractivity contribution is 1.38. The van der Waals surface area contributed by atoms with Crippen molar-refractivity contribution in [3.8, 4) is 0 Å². The van der Waals surface area contributed by atoms with Crippen LogP contribution in [-0.4, -0.2) is 4.98 Å². The van der Waals surface area contributed by atoms with Crippen molar-refractivity contribution in [3.05, 3.63) is 47.4 Å². The van der Waals surface area contributed by atoms with Gasteiger partial charge >= 0.3 is 0 Å². The third-order valence-corrected chi connectivity index (χ3v) is 2.67. The summed E-state index contributed by atoms with van der Waals surface area (Å²) in [5, 5.41) is 1.85. The van der Waals surface area contributed by atoms with E-state index < -0.39 is 0 Å². The fraction of sp³-hybridized carbons (Fsp3) is 0.0909. The summed E-state index contributed by atoms with van der Waals surface area (Å²) in [4.78, 5) is 7.57. The van der Waals surface area contributed by atoms with Crippen molar-refractivity contribution >= 4 is 32.5 Å². The zero-order valence-corrected chi connectivity index (χ0v) is 8.95. The fourth-order valence-electron chi connectivity index (χ4n) is 1.30. The lowest BCUT2D eigenvalue weighted by atomic mass is 10.1. The summed E-state index contributed by atoms with van der Waals surface area (Å²) in [6.45, 7) is 6.87. The van der Waals surface area contributed by atoms with E-state index in [1.54, 1.807) is 6.20 Å². The van der Waals surface area contributed by atoms with Crippen LogP contribution in [0.3, 0.4) is 0 Å². The molecule has 0 saturated heterocycles. The van der Waals surface area contributed by atoms with Gasteiger partial charge in [-0.3, -0.25) is 4.98 Å². The predicted molar refractivity (Wildman–Crippen MR) is 60.6 cm³/mol. The first-order valence-corrected chi connectivity index (χ1v) is 5.28. The Balaban J connectivity index is 2.64. The molecule has 0 atom stereocenters. The molecule has 2 aromatic rings. The smallest absolute Gasteiger partial charge is 0.205 e. The Morgan fingerprint density at radius 1 is 1.36 bits per heavy atom. The molecule has 1 aromatic heterocycles. The van der Waals surface area contributed by atoms with Crippen LogP contribution in [0.25, 0.3) is 15.7 Å². The van der Waals surface area contributed by atoms with E-state index in [1.807, 2.05) is 24.3 Å². The second-order valence-corrected chi connectivity index (χ2v) is 3.53. The number of hydrogen-bond donors (Lipinski definition) is 0. The molecule has 68 valence electrons. The number of benzene rings is 1. The second kappa shape index (κ2) is 3.77. The van der Waals surface area contributed by atoms with Crippen LogP contribution < -0.4 is 0 Å². The van der Waals surface area contributed by atoms with Gasteiger partial charge in [0.2, 0.25) is 5.69 Å². The summed E-state index contributed by atoms with van der Waals surface area (Å²) in [6.07, 6.45) is 1.60. The monoisotopic (exact) mass is 246 g/mol. The van der Waals surface area contributed by atoms with E-state index >= 15 is 0 Å². The molecule has 0 aliphatic rings. The van der Waals surface area contributed by atoms with Gasteiger partial charge in [0.1, 0.15) is 0 Å². The van der Waals surface area contributed by atoms with Gasteiger partial charge in [0, 0.05) is 11.5 Å². The minimum absolute atomic E-state index is 0.587. The Morgan fingerprint density at radius 3 is 2.93 bits per heavy atom. The fourth-order valence-corrected chi connectivity index (χ4v) is 1.65. The van der Waals surface area contributed by atoms with Crippen LogP contribution in [0.15, 0.2) is 30.5 Å². The molecule has 0 aliphatic heterocycles. The lowest BCUT2D eigenvalue weighted by Gasteiger charge is -1.99. The zero-order valence-electron chi connectivity index (χ0n) is 7.37. The predicted octanol–water partition coefficient (Wildman–Crippen LogP) is 3.68. The molecule has 0 radical (unpaired) electrons. The molecule has 2 nitrogen and oxygen atoms in total. The van der Waals surface area contributed by atoms with E-state index in [0.29, 0.717) is 5.69 Å². The Bertz CT molecular complexity index is 514. The van der Waals surface area contributed by atoms with E-state index in [-0.39, 0.29) is 0 Å². The van der Waals surface area contributed by atoms with Gasteiger partial charge in [0.15, 0.2) is 0 Å². The number of fused-ring (bicyclic) bond motifs is 1. The first-order valence-electron chi connectivity index (χ1n) is 4.15. The quantitative estimate of drug-likeness (QED) is 0.555. The Labute approximate surface area is 90.5 Å². The maximum Gasteiger partial charge on any atom is 0.205 e. The van der Waals surface area contributed by atoms with Gasteiger partial charge in [-0.25, -0.2) is 4.85 Å². The minimum atomic E-state index is 0.587. The van der Waals surface area contributed by atoms with Crippen molar-refractivity contribution in [2.45, 2.75) is 5.33 Å². The minimum Gasteiger partial charge on any atom is -0.268 e. The van der Waals surface area contributed by atoms with Gasteiger partial charge < -0.3 is 0 Å². The van der Waals surface area contributed by atoms with Crippen LogP contribution in [-0.2, 0) is 5.33 Å². The Hall–Kier alpha value is -1.40. The highest BCUT2D eigenvalue weighted by Gasteiger charge is 1.98. The third-order valence-electron chi connectivity index (χ3n) is 2.02. The van der Waals surface area contributed by atoms with E-state index in [4.69, 9.17) is 6.57 Å². The largest absolute Gasteiger partial charge is 0.268 e. The molecule has 0 bridgehead atoms.